The molecule has 0 fully saturated rings. The summed E-state index contributed by atoms with van der Waals surface area (Å²) in [6.07, 6.45) is 3.96. The van der Waals surface area contributed by atoms with Gasteiger partial charge in [-0.05, 0) is 37.6 Å². The first-order valence-corrected chi connectivity index (χ1v) is 7.55. The highest BCUT2D eigenvalue weighted by Gasteiger charge is 2.13. The summed E-state index contributed by atoms with van der Waals surface area (Å²) < 4.78 is 0. The molecule has 2 amide bonds. The van der Waals surface area contributed by atoms with E-state index in [2.05, 4.69) is 20.6 Å². The highest BCUT2D eigenvalue weighted by molar-refractivity contribution is 5.98. The molecule has 2 rings (SSSR count). The summed E-state index contributed by atoms with van der Waals surface area (Å²) in [5, 5.41) is 5.60. The summed E-state index contributed by atoms with van der Waals surface area (Å²) in [4.78, 5) is 32.4. The summed E-state index contributed by atoms with van der Waals surface area (Å²) in [5.74, 6) is -0.547. The number of pyridine rings is 2. The van der Waals surface area contributed by atoms with Gasteiger partial charge >= 0.3 is 0 Å². The second kappa shape index (κ2) is 8.03. The van der Waals surface area contributed by atoms with Gasteiger partial charge in [0.2, 0.25) is 0 Å². The second-order valence-electron chi connectivity index (χ2n) is 5.22. The second-order valence-corrected chi connectivity index (χ2v) is 5.22. The van der Waals surface area contributed by atoms with Crippen molar-refractivity contribution in [2.24, 2.45) is 0 Å². The number of hydrogen-bond acceptors (Lipinski definition) is 4. The Morgan fingerprint density at radius 2 is 1.96 bits per heavy atom. The van der Waals surface area contributed by atoms with Gasteiger partial charge < -0.3 is 10.6 Å². The fourth-order valence-electron chi connectivity index (χ4n) is 1.87. The number of aromatic nitrogens is 2. The summed E-state index contributed by atoms with van der Waals surface area (Å²) in [6, 6.07) is 8.64. The first-order chi connectivity index (χ1) is 11.1. The van der Waals surface area contributed by atoms with Crippen LogP contribution in [-0.4, -0.2) is 27.8 Å². The van der Waals surface area contributed by atoms with Gasteiger partial charge in [-0.1, -0.05) is 13.0 Å². The lowest BCUT2D eigenvalue weighted by atomic mass is 10.2. The molecule has 2 heterocycles. The monoisotopic (exact) mass is 312 g/mol. The van der Waals surface area contributed by atoms with E-state index in [1.165, 1.54) is 12.3 Å². The van der Waals surface area contributed by atoms with Crippen LogP contribution >= 0.6 is 0 Å². The zero-order valence-corrected chi connectivity index (χ0v) is 13.2. The van der Waals surface area contributed by atoms with Crippen LogP contribution < -0.4 is 10.6 Å². The molecule has 0 saturated heterocycles. The van der Waals surface area contributed by atoms with Gasteiger partial charge in [-0.3, -0.25) is 19.6 Å². The van der Waals surface area contributed by atoms with Gasteiger partial charge in [0.05, 0.1) is 12.2 Å². The van der Waals surface area contributed by atoms with Crippen molar-refractivity contribution >= 4 is 11.8 Å². The van der Waals surface area contributed by atoms with Crippen LogP contribution in [0.4, 0.5) is 0 Å². The first kappa shape index (κ1) is 16.6. The minimum absolute atomic E-state index is 0.0611. The Bertz CT molecular complexity index is 673. The van der Waals surface area contributed by atoms with Crippen molar-refractivity contribution < 1.29 is 9.59 Å². The van der Waals surface area contributed by atoms with Crippen LogP contribution in [0, 0.1) is 0 Å². The Balaban J connectivity index is 2.01. The molecular weight excluding hydrogens is 292 g/mol. The molecule has 0 aromatic carbocycles. The summed E-state index contributed by atoms with van der Waals surface area (Å²) in [7, 11) is 0. The van der Waals surface area contributed by atoms with Gasteiger partial charge in [0.15, 0.2) is 0 Å². The molecule has 0 spiro atoms. The van der Waals surface area contributed by atoms with E-state index in [1.54, 1.807) is 12.3 Å². The highest BCUT2D eigenvalue weighted by Crippen LogP contribution is 2.04. The molecule has 2 N–H and O–H groups in total. The predicted molar refractivity (Wildman–Crippen MR) is 86.9 cm³/mol. The molecule has 0 aliphatic carbocycles. The van der Waals surface area contributed by atoms with E-state index in [1.807, 2.05) is 32.0 Å². The summed E-state index contributed by atoms with van der Waals surface area (Å²) in [5.41, 5.74) is 1.39. The normalized spacial score (nSPS) is 11.6. The van der Waals surface area contributed by atoms with Crippen molar-refractivity contribution in [3.05, 3.63) is 59.7 Å². The fraction of sp³-hybridized carbons (Fsp3) is 0.294. The lowest BCUT2D eigenvalue weighted by Crippen LogP contribution is -2.32. The van der Waals surface area contributed by atoms with Crippen LogP contribution in [0.3, 0.4) is 0 Å². The van der Waals surface area contributed by atoms with Crippen LogP contribution in [0.1, 0.15) is 46.8 Å². The Hall–Kier alpha value is -2.76. The molecule has 6 heteroatoms. The average molecular weight is 312 g/mol. The largest absolute Gasteiger partial charge is 0.348 e. The van der Waals surface area contributed by atoms with Gasteiger partial charge in [0.25, 0.3) is 11.8 Å². The average Bonchev–Trinajstić information content (AvgIpc) is 2.60. The SMILES string of the molecule is CCC(C)NC(=O)c1cc(C(=O)NCc2ccccn2)ccn1. The maximum atomic E-state index is 12.2. The highest BCUT2D eigenvalue weighted by atomic mass is 16.2. The molecule has 0 bridgehead atoms. The molecular formula is C17H20N4O2. The summed E-state index contributed by atoms with van der Waals surface area (Å²) >= 11 is 0. The third-order valence-corrected chi connectivity index (χ3v) is 3.40. The third-order valence-electron chi connectivity index (χ3n) is 3.40. The van der Waals surface area contributed by atoms with Crippen LogP contribution in [0.15, 0.2) is 42.7 Å². The first-order valence-electron chi connectivity index (χ1n) is 7.55. The molecule has 23 heavy (non-hydrogen) atoms. The minimum Gasteiger partial charge on any atom is -0.348 e. The van der Waals surface area contributed by atoms with E-state index in [0.717, 1.165) is 12.1 Å². The van der Waals surface area contributed by atoms with Gasteiger partial charge in [-0.15, -0.1) is 0 Å². The van der Waals surface area contributed by atoms with Gasteiger partial charge in [0, 0.05) is 24.0 Å². The van der Waals surface area contributed by atoms with E-state index in [9.17, 15) is 9.59 Å². The predicted octanol–water partition coefficient (Wildman–Crippen LogP) is 1.93. The molecule has 1 atom stereocenters. The van der Waals surface area contributed by atoms with Crippen LogP contribution in [0.5, 0.6) is 0 Å². The lowest BCUT2D eigenvalue weighted by Gasteiger charge is -2.11. The number of carbonyl (C=O) groups is 2. The molecule has 120 valence electrons. The Kier molecular flexibility index (Phi) is 5.80. The molecule has 1 unspecified atom stereocenters. The maximum Gasteiger partial charge on any atom is 0.270 e. The maximum absolute atomic E-state index is 12.2. The van der Waals surface area contributed by atoms with Crippen LogP contribution in [-0.2, 0) is 6.54 Å². The van der Waals surface area contributed by atoms with Crippen molar-refractivity contribution in [3.63, 3.8) is 0 Å². The van der Waals surface area contributed by atoms with Crippen molar-refractivity contribution in [3.8, 4) is 0 Å². The van der Waals surface area contributed by atoms with Crippen molar-refractivity contribution in [2.45, 2.75) is 32.9 Å². The van der Waals surface area contributed by atoms with Crippen LogP contribution in [0.25, 0.3) is 0 Å². The van der Waals surface area contributed by atoms with Crippen molar-refractivity contribution in [1.29, 1.82) is 0 Å². The van der Waals surface area contributed by atoms with Gasteiger partial charge in [-0.2, -0.15) is 0 Å². The topological polar surface area (TPSA) is 84.0 Å². The van der Waals surface area contributed by atoms with E-state index >= 15 is 0 Å². The summed E-state index contributed by atoms with van der Waals surface area (Å²) in [6.45, 7) is 4.23. The number of rotatable bonds is 6. The molecule has 2 aromatic rings. The zero-order chi connectivity index (χ0) is 16.7. The number of carbonyl (C=O) groups excluding carboxylic acids is 2. The molecule has 0 aliphatic heterocycles. The number of nitrogens with zero attached hydrogens (tertiary/aromatic N) is 2. The number of nitrogens with one attached hydrogen (secondary N) is 2. The van der Waals surface area contributed by atoms with Gasteiger partial charge in [0.1, 0.15) is 5.69 Å². The Morgan fingerprint density at radius 3 is 2.65 bits per heavy atom. The Labute approximate surface area is 135 Å². The minimum atomic E-state index is -0.279. The quantitative estimate of drug-likeness (QED) is 0.853. The smallest absolute Gasteiger partial charge is 0.270 e. The lowest BCUT2D eigenvalue weighted by molar-refractivity contribution is 0.0934. The van der Waals surface area contributed by atoms with E-state index in [-0.39, 0.29) is 23.6 Å². The number of hydrogen-bond donors (Lipinski definition) is 2. The third kappa shape index (κ3) is 4.88. The molecule has 0 saturated carbocycles. The van der Waals surface area contributed by atoms with E-state index < -0.39 is 0 Å². The molecule has 6 nitrogen and oxygen atoms in total. The molecule has 0 aliphatic rings. The van der Waals surface area contributed by atoms with E-state index in [0.29, 0.717) is 12.1 Å². The van der Waals surface area contributed by atoms with Crippen molar-refractivity contribution in [1.82, 2.24) is 20.6 Å². The fourth-order valence-corrected chi connectivity index (χ4v) is 1.87. The van der Waals surface area contributed by atoms with E-state index in [4.69, 9.17) is 0 Å². The molecule has 0 radical (unpaired) electrons. The molecule has 2 aromatic heterocycles. The van der Waals surface area contributed by atoms with Crippen molar-refractivity contribution in [2.75, 3.05) is 0 Å². The standard InChI is InChI=1S/C17H20N4O2/c1-3-12(2)21-17(23)15-10-13(7-9-19-15)16(22)20-11-14-6-4-5-8-18-14/h4-10,12H,3,11H2,1-2H3,(H,20,22)(H,21,23). The zero-order valence-electron chi connectivity index (χ0n) is 13.2. The van der Waals surface area contributed by atoms with Gasteiger partial charge in [-0.25, -0.2) is 0 Å². The van der Waals surface area contributed by atoms with Crippen LogP contribution in [0.2, 0.25) is 0 Å². The Morgan fingerprint density at radius 1 is 1.13 bits per heavy atom. The number of amides is 2.